The number of pyridine rings is 1. The number of nitrogens with one attached hydrogen (secondary N) is 1. The zero-order valence-electron chi connectivity index (χ0n) is 12.0. The van der Waals surface area contributed by atoms with Gasteiger partial charge in [-0.3, -0.25) is 0 Å². The predicted octanol–water partition coefficient (Wildman–Crippen LogP) is 4.63. The molecule has 0 amide bonds. The fourth-order valence-electron chi connectivity index (χ4n) is 2.20. The maximum atomic E-state index is 13.6. The average molecular weight is 260 g/mol. The molecule has 0 unspecified atom stereocenters. The summed E-state index contributed by atoms with van der Waals surface area (Å²) in [5, 5.41) is 4.35. The highest BCUT2D eigenvalue weighted by molar-refractivity contribution is 5.84. The maximum absolute atomic E-state index is 13.6. The van der Waals surface area contributed by atoms with Gasteiger partial charge in [0.2, 0.25) is 0 Å². The minimum Gasteiger partial charge on any atom is -0.370 e. The Morgan fingerprint density at radius 1 is 1.32 bits per heavy atom. The van der Waals surface area contributed by atoms with Crippen LogP contribution in [0.3, 0.4) is 0 Å². The summed E-state index contributed by atoms with van der Waals surface area (Å²) in [6.07, 6.45) is 1.04. The number of halogens is 1. The van der Waals surface area contributed by atoms with Crippen LogP contribution < -0.4 is 5.32 Å². The van der Waals surface area contributed by atoms with E-state index in [1.807, 2.05) is 0 Å². The largest absolute Gasteiger partial charge is 0.370 e. The van der Waals surface area contributed by atoms with Gasteiger partial charge in [-0.2, -0.15) is 0 Å². The molecule has 1 aromatic carbocycles. The highest BCUT2D eigenvalue weighted by Gasteiger charge is 2.12. The number of fused-ring (bicyclic) bond motifs is 1. The van der Waals surface area contributed by atoms with Crippen molar-refractivity contribution in [3.8, 4) is 0 Å². The van der Waals surface area contributed by atoms with Crippen LogP contribution in [0.2, 0.25) is 0 Å². The Kier molecular flexibility index (Phi) is 4.03. The number of aryl methyl sites for hydroxylation is 1. The summed E-state index contributed by atoms with van der Waals surface area (Å²) in [6.45, 7) is 9.08. The molecule has 0 radical (unpaired) electrons. The van der Waals surface area contributed by atoms with Crippen LogP contribution in [0.4, 0.5) is 10.2 Å². The molecule has 0 saturated heterocycles. The first-order chi connectivity index (χ1) is 9.04. The molecule has 1 N–H and O–H groups in total. The van der Waals surface area contributed by atoms with Gasteiger partial charge in [0.25, 0.3) is 0 Å². The van der Waals surface area contributed by atoms with Gasteiger partial charge in [-0.15, -0.1) is 0 Å². The van der Waals surface area contributed by atoms with Gasteiger partial charge in [0.05, 0.1) is 5.52 Å². The first kappa shape index (κ1) is 13.8. The van der Waals surface area contributed by atoms with Crippen molar-refractivity contribution in [1.82, 2.24) is 4.98 Å². The molecular weight excluding hydrogens is 239 g/mol. The second kappa shape index (κ2) is 5.55. The van der Waals surface area contributed by atoms with E-state index in [0.717, 1.165) is 29.7 Å². The summed E-state index contributed by atoms with van der Waals surface area (Å²) >= 11 is 0. The minimum atomic E-state index is -0.196. The van der Waals surface area contributed by atoms with E-state index >= 15 is 0 Å². The molecule has 3 heteroatoms. The monoisotopic (exact) mass is 260 g/mol. The van der Waals surface area contributed by atoms with Crippen molar-refractivity contribution in [1.29, 1.82) is 0 Å². The molecule has 0 aliphatic heterocycles. The van der Waals surface area contributed by atoms with E-state index in [1.165, 1.54) is 11.6 Å². The van der Waals surface area contributed by atoms with Crippen LogP contribution in [0.25, 0.3) is 10.9 Å². The van der Waals surface area contributed by atoms with Crippen LogP contribution in [0.5, 0.6) is 0 Å². The molecule has 19 heavy (non-hydrogen) atoms. The molecule has 2 nitrogen and oxygen atoms in total. The third kappa shape index (κ3) is 2.70. The van der Waals surface area contributed by atoms with E-state index in [2.05, 4.69) is 37.1 Å². The highest BCUT2D eigenvalue weighted by atomic mass is 19.1. The lowest BCUT2D eigenvalue weighted by Gasteiger charge is -2.15. The molecule has 0 aliphatic carbocycles. The molecule has 0 fully saturated rings. The predicted molar refractivity (Wildman–Crippen MR) is 79.3 cm³/mol. The standard InChI is InChI=1S/C16H21FN2/c1-5-8-18-16-13(10(2)3)9-12-6-7-14(17)11(4)15(12)19-16/h6-7,9-10H,5,8H2,1-4H3,(H,18,19). The number of rotatable bonds is 4. The van der Waals surface area contributed by atoms with E-state index < -0.39 is 0 Å². The zero-order chi connectivity index (χ0) is 14.0. The van der Waals surface area contributed by atoms with Gasteiger partial charge in [-0.1, -0.05) is 20.8 Å². The van der Waals surface area contributed by atoms with Crippen molar-refractivity contribution >= 4 is 16.7 Å². The number of hydrogen-bond donors (Lipinski definition) is 1. The zero-order valence-corrected chi connectivity index (χ0v) is 12.0. The molecule has 2 rings (SSSR count). The quantitative estimate of drug-likeness (QED) is 0.867. The van der Waals surface area contributed by atoms with Gasteiger partial charge in [0, 0.05) is 17.5 Å². The van der Waals surface area contributed by atoms with Crippen LogP contribution in [0.15, 0.2) is 18.2 Å². The Morgan fingerprint density at radius 3 is 2.68 bits per heavy atom. The summed E-state index contributed by atoms with van der Waals surface area (Å²) in [7, 11) is 0. The van der Waals surface area contributed by atoms with Gasteiger partial charge >= 0.3 is 0 Å². The van der Waals surface area contributed by atoms with Crippen LogP contribution in [0, 0.1) is 12.7 Å². The number of hydrogen-bond acceptors (Lipinski definition) is 2. The number of aromatic nitrogens is 1. The molecule has 0 saturated carbocycles. The van der Waals surface area contributed by atoms with E-state index in [1.54, 1.807) is 13.0 Å². The van der Waals surface area contributed by atoms with Crippen molar-refractivity contribution in [3.63, 3.8) is 0 Å². The van der Waals surface area contributed by atoms with E-state index in [4.69, 9.17) is 0 Å². The minimum absolute atomic E-state index is 0.196. The SMILES string of the molecule is CCCNc1nc2c(C)c(F)ccc2cc1C(C)C. The Bertz CT molecular complexity index is 591. The molecule has 1 aromatic heterocycles. The molecular formula is C16H21FN2. The van der Waals surface area contributed by atoms with Gasteiger partial charge in [-0.25, -0.2) is 9.37 Å². The van der Waals surface area contributed by atoms with E-state index in [9.17, 15) is 4.39 Å². The average Bonchev–Trinajstić information content (AvgIpc) is 2.40. The summed E-state index contributed by atoms with van der Waals surface area (Å²) in [5.74, 6) is 1.08. The fourth-order valence-corrected chi connectivity index (χ4v) is 2.20. The number of benzene rings is 1. The van der Waals surface area contributed by atoms with Crippen LogP contribution in [-0.4, -0.2) is 11.5 Å². The second-order valence-corrected chi connectivity index (χ2v) is 5.25. The fraction of sp³-hybridized carbons (Fsp3) is 0.438. The van der Waals surface area contributed by atoms with Crippen molar-refractivity contribution < 1.29 is 4.39 Å². The molecule has 102 valence electrons. The molecule has 0 aliphatic rings. The molecule has 0 spiro atoms. The van der Waals surface area contributed by atoms with Gasteiger partial charge in [-0.05, 0) is 43.0 Å². The third-order valence-electron chi connectivity index (χ3n) is 3.37. The third-order valence-corrected chi connectivity index (χ3v) is 3.37. The van der Waals surface area contributed by atoms with Gasteiger partial charge in [0.15, 0.2) is 0 Å². The Morgan fingerprint density at radius 2 is 2.05 bits per heavy atom. The van der Waals surface area contributed by atoms with Crippen molar-refractivity contribution in [2.45, 2.75) is 40.0 Å². The number of anilines is 1. The lowest BCUT2D eigenvalue weighted by atomic mass is 10.0. The van der Waals surface area contributed by atoms with Crippen LogP contribution in [-0.2, 0) is 0 Å². The first-order valence-corrected chi connectivity index (χ1v) is 6.88. The summed E-state index contributed by atoms with van der Waals surface area (Å²) in [5.41, 5.74) is 2.56. The highest BCUT2D eigenvalue weighted by Crippen LogP contribution is 2.29. The summed E-state index contributed by atoms with van der Waals surface area (Å²) in [4.78, 5) is 4.64. The molecule has 0 atom stereocenters. The molecule has 1 heterocycles. The second-order valence-electron chi connectivity index (χ2n) is 5.25. The lowest BCUT2D eigenvalue weighted by Crippen LogP contribution is -2.07. The smallest absolute Gasteiger partial charge is 0.130 e. The van der Waals surface area contributed by atoms with Crippen molar-refractivity contribution in [2.24, 2.45) is 0 Å². The summed E-state index contributed by atoms with van der Waals surface area (Å²) in [6, 6.07) is 5.44. The Balaban J connectivity index is 2.62. The van der Waals surface area contributed by atoms with Crippen molar-refractivity contribution in [3.05, 3.63) is 35.1 Å². The van der Waals surface area contributed by atoms with Gasteiger partial charge in [0.1, 0.15) is 11.6 Å². The molecule has 0 bridgehead atoms. The number of nitrogens with zero attached hydrogens (tertiary/aromatic N) is 1. The normalized spacial score (nSPS) is 11.3. The van der Waals surface area contributed by atoms with E-state index in [0.29, 0.717) is 11.5 Å². The van der Waals surface area contributed by atoms with Gasteiger partial charge < -0.3 is 5.32 Å². The Labute approximate surface area is 114 Å². The van der Waals surface area contributed by atoms with Crippen LogP contribution >= 0.6 is 0 Å². The first-order valence-electron chi connectivity index (χ1n) is 6.88. The Hall–Kier alpha value is -1.64. The van der Waals surface area contributed by atoms with E-state index in [-0.39, 0.29) is 5.82 Å². The summed E-state index contributed by atoms with van der Waals surface area (Å²) < 4.78 is 13.6. The topological polar surface area (TPSA) is 24.9 Å². The van der Waals surface area contributed by atoms with Crippen LogP contribution in [0.1, 0.15) is 44.2 Å². The maximum Gasteiger partial charge on any atom is 0.130 e. The lowest BCUT2D eigenvalue weighted by molar-refractivity contribution is 0.620. The molecule has 2 aromatic rings. The van der Waals surface area contributed by atoms with Crippen molar-refractivity contribution in [2.75, 3.05) is 11.9 Å².